The van der Waals surface area contributed by atoms with E-state index in [1.54, 1.807) is 0 Å². The van der Waals surface area contributed by atoms with Crippen molar-refractivity contribution in [3.63, 3.8) is 0 Å². The van der Waals surface area contributed by atoms with E-state index in [4.69, 9.17) is 0 Å². The van der Waals surface area contributed by atoms with Gasteiger partial charge in [0.25, 0.3) is 0 Å². The van der Waals surface area contributed by atoms with Gasteiger partial charge in [-0.2, -0.15) is 0 Å². The lowest BCUT2D eigenvalue weighted by molar-refractivity contribution is 1.54. The highest BCUT2D eigenvalue weighted by Gasteiger charge is 2.12. The van der Waals surface area contributed by atoms with Crippen LogP contribution in [0.25, 0.3) is 10.8 Å². The minimum atomic E-state index is -0.554. The standard InChI is InChI=1S/C22H20Si/c1-2-23-22(20-16-10-5-11-17-20)21(18-12-6-3-7-13-18)19-14-8-4-9-15-19/h2-17H,1,23H2. The monoisotopic (exact) mass is 312 g/mol. The fourth-order valence-corrected chi connectivity index (χ4v) is 4.25. The summed E-state index contributed by atoms with van der Waals surface area (Å²) in [6, 6.07) is 32.1. The lowest BCUT2D eigenvalue weighted by Gasteiger charge is -2.16. The van der Waals surface area contributed by atoms with Crippen molar-refractivity contribution in [2.75, 3.05) is 0 Å². The first kappa shape index (κ1) is 15.3. The number of benzene rings is 3. The zero-order chi connectivity index (χ0) is 15.9. The lowest BCUT2D eigenvalue weighted by Crippen LogP contribution is -2.00. The van der Waals surface area contributed by atoms with E-state index >= 15 is 0 Å². The van der Waals surface area contributed by atoms with E-state index in [0.29, 0.717) is 0 Å². The maximum absolute atomic E-state index is 4.02. The third-order valence-corrected chi connectivity index (χ3v) is 5.36. The summed E-state index contributed by atoms with van der Waals surface area (Å²) in [7, 11) is -0.554. The van der Waals surface area contributed by atoms with Crippen LogP contribution in [0, 0.1) is 0 Å². The van der Waals surface area contributed by atoms with Gasteiger partial charge in [-0.1, -0.05) is 91.0 Å². The quantitative estimate of drug-likeness (QED) is 0.463. The van der Waals surface area contributed by atoms with E-state index in [2.05, 4.69) is 103 Å². The van der Waals surface area contributed by atoms with E-state index in [-0.39, 0.29) is 0 Å². The Labute approximate surface area is 140 Å². The summed E-state index contributed by atoms with van der Waals surface area (Å²) < 4.78 is 0. The summed E-state index contributed by atoms with van der Waals surface area (Å²) in [4.78, 5) is 0. The Kier molecular flexibility index (Phi) is 5.02. The first-order chi connectivity index (χ1) is 11.4. The van der Waals surface area contributed by atoms with Crippen molar-refractivity contribution in [2.45, 2.75) is 0 Å². The lowest BCUT2D eigenvalue weighted by atomic mass is 9.95. The molecule has 0 bridgehead atoms. The maximum Gasteiger partial charge on any atom is 0.0792 e. The fraction of sp³-hybridized carbons (Fsp3) is 0. The first-order valence-corrected chi connectivity index (χ1v) is 9.43. The van der Waals surface area contributed by atoms with Gasteiger partial charge in [0, 0.05) is 0 Å². The van der Waals surface area contributed by atoms with Gasteiger partial charge in [0.1, 0.15) is 0 Å². The molecular weight excluding hydrogens is 292 g/mol. The van der Waals surface area contributed by atoms with Crippen molar-refractivity contribution in [2.24, 2.45) is 0 Å². The highest BCUT2D eigenvalue weighted by atomic mass is 28.2. The molecule has 0 radical (unpaired) electrons. The molecule has 0 amide bonds. The van der Waals surface area contributed by atoms with Crippen molar-refractivity contribution in [1.29, 1.82) is 0 Å². The van der Waals surface area contributed by atoms with Gasteiger partial charge in [-0.15, -0.1) is 12.3 Å². The van der Waals surface area contributed by atoms with Crippen LogP contribution in [-0.4, -0.2) is 9.52 Å². The first-order valence-electron chi connectivity index (χ1n) is 7.90. The molecule has 0 nitrogen and oxygen atoms in total. The average molecular weight is 312 g/mol. The zero-order valence-electron chi connectivity index (χ0n) is 13.2. The molecule has 3 aromatic carbocycles. The van der Waals surface area contributed by atoms with Gasteiger partial charge in [-0.25, -0.2) is 0 Å². The molecule has 0 aliphatic rings. The molecule has 112 valence electrons. The van der Waals surface area contributed by atoms with Crippen LogP contribution < -0.4 is 0 Å². The molecule has 0 atom stereocenters. The van der Waals surface area contributed by atoms with Crippen molar-refractivity contribution in [3.05, 3.63) is 120 Å². The highest BCUT2D eigenvalue weighted by Crippen LogP contribution is 2.31. The Balaban J connectivity index is 2.29. The van der Waals surface area contributed by atoms with E-state index in [1.165, 1.54) is 27.5 Å². The Hall–Kier alpha value is -2.64. The highest BCUT2D eigenvalue weighted by molar-refractivity contribution is 6.68. The fourth-order valence-electron chi connectivity index (χ4n) is 2.87. The molecule has 0 saturated heterocycles. The number of rotatable bonds is 5. The molecule has 0 unspecified atom stereocenters. The summed E-state index contributed by atoms with van der Waals surface area (Å²) >= 11 is 0. The largest absolute Gasteiger partial charge is 0.107 e. The van der Waals surface area contributed by atoms with Gasteiger partial charge in [0.2, 0.25) is 0 Å². The van der Waals surface area contributed by atoms with Crippen LogP contribution >= 0.6 is 0 Å². The Morgan fingerprint density at radius 1 is 0.609 bits per heavy atom. The minimum Gasteiger partial charge on any atom is -0.107 e. The SMILES string of the molecule is C=C[SiH2]C(=C(c1ccccc1)c1ccccc1)c1ccccc1. The van der Waals surface area contributed by atoms with E-state index in [0.717, 1.165) is 0 Å². The predicted molar refractivity (Wildman–Crippen MR) is 104 cm³/mol. The second kappa shape index (κ2) is 7.57. The molecule has 0 saturated carbocycles. The third-order valence-electron chi connectivity index (χ3n) is 3.90. The molecule has 3 rings (SSSR count). The molecular formula is C22H20Si. The molecule has 0 aromatic heterocycles. The maximum atomic E-state index is 4.02. The van der Waals surface area contributed by atoms with E-state index < -0.39 is 9.52 Å². The van der Waals surface area contributed by atoms with Crippen molar-refractivity contribution < 1.29 is 0 Å². The van der Waals surface area contributed by atoms with Crippen LogP contribution in [0.4, 0.5) is 0 Å². The number of hydrogen-bond acceptors (Lipinski definition) is 0. The van der Waals surface area contributed by atoms with E-state index in [1.807, 2.05) is 0 Å². The van der Waals surface area contributed by atoms with E-state index in [9.17, 15) is 0 Å². The molecule has 0 aliphatic heterocycles. The molecule has 0 heterocycles. The molecule has 1 heteroatoms. The Morgan fingerprint density at radius 3 is 1.39 bits per heavy atom. The van der Waals surface area contributed by atoms with Crippen molar-refractivity contribution in [1.82, 2.24) is 0 Å². The van der Waals surface area contributed by atoms with Gasteiger partial charge in [-0.3, -0.25) is 0 Å². The Bertz CT molecular complexity index is 746. The second-order valence-corrected chi connectivity index (χ2v) is 7.14. The molecule has 23 heavy (non-hydrogen) atoms. The van der Waals surface area contributed by atoms with Gasteiger partial charge in [0.05, 0.1) is 9.52 Å². The average Bonchev–Trinajstić information content (AvgIpc) is 2.64. The number of hydrogen-bond donors (Lipinski definition) is 0. The second-order valence-electron chi connectivity index (χ2n) is 5.44. The minimum absolute atomic E-state index is 0.554. The smallest absolute Gasteiger partial charge is 0.0792 e. The predicted octanol–water partition coefficient (Wildman–Crippen LogP) is 4.92. The van der Waals surface area contributed by atoms with Crippen LogP contribution in [0.15, 0.2) is 103 Å². The summed E-state index contributed by atoms with van der Waals surface area (Å²) in [5.41, 5.74) is 7.30. The zero-order valence-corrected chi connectivity index (χ0v) is 14.6. The van der Waals surface area contributed by atoms with Gasteiger partial charge >= 0.3 is 0 Å². The Morgan fingerprint density at radius 2 is 1.00 bits per heavy atom. The van der Waals surface area contributed by atoms with Crippen LogP contribution in [0.3, 0.4) is 0 Å². The van der Waals surface area contributed by atoms with Crippen LogP contribution in [-0.2, 0) is 0 Å². The summed E-state index contributed by atoms with van der Waals surface area (Å²) in [6.45, 7) is 4.02. The normalized spacial score (nSPS) is 10.6. The topological polar surface area (TPSA) is 0 Å². The van der Waals surface area contributed by atoms with Crippen LogP contribution in [0.2, 0.25) is 0 Å². The molecule has 0 aliphatic carbocycles. The molecule has 0 N–H and O–H groups in total. The van der Waals surface area contributed by atoms with Gasteiger partial charge in [0.15, 0.2) is 0 Å². The molecule has 3 aromatic rings. The van der Waals surface area contributed by atoms with Gasteiger partial charge in [-0.05, 0) is 27.5 Å². The third kappa shape index (κ3) is 3.58. The van der Waals surface area contributed by atoms with Crippen LogP contribution in [0.5, 0.6) is 0 Å². The van der Waals surface area contributed by atoms with Crippen molar-refractivity contribution >= 4 is 20.3 Å². The molecule has 0 spiro atoms. The summed E-state index contributed by atoms with van der Waals surface area (Å²) in [6.07, 6.45) is 0. The summed E-state index contributed by atoms with van der Waals surface area (Å²) in [5.74, 6) is 0. The van der Waals surface area contributed by atoms with Crippen LogP contribution in [0.1, 0.15) is 16.7 Å². The molecule has 0 fully saturated rings. The summed E-state index contributed by atoms with van der Waals surface area (Å²) in [5, 5.41) is 1.44. The van der Waals surface area contributed by atoms with Gasteiger partial charge < -0.3 is 0 Å². The van der Waals surface area contributed by atoms with Crippen molar-refractivity contribution in [3.8, 4) is 0 Å².